The van der Waals surface area contributed by atoms with Gasteiger partial charge in [0, 0.05) is 13.8 Å². The van der Waals surface area contributed by atoms with Gasteiger partial charge in [0.1, 0.15) is 0 Å². The van der Waals surface area contributed by atoms with Crippen molar-refractivity contribution in [3.05, 3.63) is 0 Å². The molecule has 0 aromatic heterocycles. The molecule has 1 heterocycles. The summed E-state index contributed by atoms with van der Waals surface area (Å²) in [6, 6.07) is 0. The Labute approximate surface area is 223 Å². The summed E-state index contributed by atoms with van der Waals surface area (Å²) >= 11 is 0. The van der Waals surface area contributed by atoms with Crippen LogP contribution in [-0.4, -0.2) is 36.1 Å². The summed E-state index contributed by atoms with van der Waals surface area (Å²) in [6.07, 6.45) is 10.9. The molecule has 204 valence electrons. The Hall–Kier alpha value is 0.611. The Morgan fingerprint density at radius 3 is 1.60 bits per heavy atom. The predicted octanol–water partition coefficient (Wildman–Crippen LogP) is 9.95. The molecule has 4 heteroatoms. The largest absolute Gasteiger partial charge is 0.378 e. The maximum atomic E-state index is 7.01. The fourth-order valence-corrected chi connectivity index (χ4v) is 20.9. The van der Waals surface area contributed by atoms with E-state index in [2.05, 4.69) is 80.1 Å². The normalized spacial score (nSPS) is 47.7. The van der Waals surface area contributed by atoms with Crippen LogP contribution in [0.5, 0.6) is 0 Å². The van der Waals surface area contributed by atoms with Crippen molar-refractivity contribution in [2.45, 2.75) is 153 Å². The van der Waals surface area contributed by atoms with Gasteiger partial charge in [-0.2, -0.15) is 0 Å². The van der Waals surface area contributed by atoms with E-state index in [-0.39, 0.29) is 0 Å². The molecule has 0 aromatic carbocycles. The minimum atomic E-state index is -1.50. The van der Waals surface area contributed by atoms with Gasteiger partial charge in [-0.15, -0.1) is 0 Å². The van der Waals surface area contributed by atoms with Crippen molar-refractivity contribution in [2.24, 2.45) is 41.4 Å². The molecule has 1 nitrogen and oxygen atoms in total. The molecule has 0 spiro atoms. The molecule has 4 aliphatic rings. The van der Waals surface area contributed by atoms with Crippen molar-refractivity contribution >= 4 is 24.2 Å². The first-order valence-corrected chi connectivity index (χ1v) is 26.0. The van der Waals surface area contributed by atoms with E-state index < -0.39 is 24.2 Å². The summed E-state index contributed by atoms with van der Waals surface area (Å²) in [5, 5.41) is 0. The van der Waals surface area contributed by atoms with Gasteiger partial charge >= 0.3 is 0 Å². The molecule has 3 saturated carbocycles. The molecule has 12 atom stereocenters. The average Bonchev–Trinajstić information content (AvgIpc) is 3.48. The van der Waals surface area contributed by atoms with E-state index in [1.807, 2.05) is 0 Å². The van der Waals surface area contributed by atoms with Gasteiger partial charge in [-0.1, -0.05) is 92.9 Å². The van der Waals surface area contributed by atoms with Gasteiger partial charge in [-0.05, 0) is 90.2 Å². The van der Waals surface area contributed by atoms with E-state index in [4.69, 9.17) is 4.74 Å². The zero-order valence-electron chi connectivity index (χ0n) is 25.8. The summed E-state index contributed by atoms with van der Waals surface area (Å²) in [5.41, 5.74) is 3.65. The van der Waals surface area contributed by atoms with Crippen LogP contribution in [-0.2, 0) is 4.74 Å². The lowest BCUT2D eigenvalue weighted by molar-refractivity contribution is 0.0398. The van der Waals surface area contributed by atoms with Crippen LogP contribution in [0, 0.1) is 41.4 Å². The third-order valence-corrected chi connectivity index (χ3v) is 23.3. The van der Waals surface area contributed by atoms with Crippen LogP contribution in [0.1, 0.15) is 72.6 Å². The molecule has 4 fully saturated rings. The minimum absolute atomic E-state index is 0.561. The van der Waals surface area contributed by atoms with Gasteiger partial charge in [0.25, 0.3) is 0 Å². The smallest absolute Gasteiger partial charge is 0.0785 e. The van der Waals surface area contributed by atoms with E-state index in [1.54, 1.807) is 19.3 Å². The minimum Gasteiger partial charge on any atom is -0.378 e. The lowest BCUT2D eigenvalue weighted by Crippen LogP contribution is -2.48. The zero-order chi connectivity index (χ0) is 26.1. The summed E-state index contributed by atoms with van der Waals surface area (Å²) < 4.78 is 7.01. The highest BCUT2D eigenvalue weighted by Gasteiger charge is 2.59. The molecule has 0 aromatic rings. The third-order valence-electron chi connectivity index (χ3n) is 12.7. The van der Waals surface area contributed by atoms with Gasteiger partial charge in [-0.3, -0.25) is 0 Å². The molecule has 12 unspecified atom stereocenters. The first-order chi connectivity index (χ1) is 16.0. The third kappa shape index (κ3) is 5.39. The molecular weight excluding hydrogens is 473 g/mol. The molecule has 0 N–H and O–H groups in total. The van der Waals surface area contributed by atoms with E-state index in [1.165, 1.54) is 25.7 Å². The van der Waals surface area contributed by atoms with Crippen LogP contribution in [0.2, 0.25) is 69.0 Å². The second-order valence-electron chi connectivity index (χ2n) is 17.1. The van der Waals surface area contributed by atoms with Crippen LogP contribution in [0.4, 0.5) is 0 Å². The number of ether oxygens (including phenoxy) is 1. The van der Waals surface area contributed by atoms with E-state index >= 15 is 0 Å². The van der Waals surface area contributed by atoms with Crippen LogP contribution in [0.25, 0.3) is 0 Å². The lowest BCUT2D eigenvalue weighted by atomic mass is 9.88. The van der Waals surface area contributed by atoms with E-state index in [0.717, 1.165) is 58.0 Å². The van der Waals surface area contributed by atoms with Crippen molar-refractivity contribution in [3.8, 4) is 0 Å². The first-order valence-electron chi connectivity index (χ1n) is 15.7. The second-order valence-corrected chi connectivity index (χ2v) is 33.0. The first kappa shape index (κ1) is 28.6. The van der Waals surface area contributed by atoms with Crippen LogP contribution < -0.4 is 0 Å². The summed E-state index contributed by atoms with van der Waals surface area (Å²) in [4.78, 5) is 0. The molecule has 4 rings (SSSR count). The fraction of sp³-hybridized carbons (Fsp3) is 1.00. The lowest BCUT2D eigenvalue weighted by Gasteiger charge is -2.48. The topological polar surface area (TPSA) is 9.23 Å². The molecule has 0 radical (unpaired) electrons. The molecule has 0 amide bonds. The van der Waals surface area contributed by atoms with Gasteiger partial charge < -0.3 is 4.74 Å². The number of rotatable bonds is 6. The van der Waals surface area contributed by atoms with Crippen LogP contribution >= 0.6 is 0 Å². The van der Waals surface area contributed by atoms with Crippen molar-refractivity contribution in [1.82, 2.24) is 0 Å². The fourth-order valence-electron chi connectivity index (χ4n) is 10.4. The highest BCUT2D eigenvalue weighted by molar-refractivity contribution is 6.80. The van der Waals surface area contributed by atoms with E-state index in [9.17, 15) is 0 Å². The monoisotopic (exact) mass is 534 g/mol. The summed E-state index contributed by atoms with van der Waals surface area (Å²) in [5.74, 6) is 6.50. The Kier molecular flexibility index (Phi) is 8.15. The summed E-state index contributed by atoms with van der Waals surface area (Å²) in [6.45, 7) is 31.8. The summed E-state index contributed by atoms with van der Waals surface area (Å²) in [7, 11) is -3.74. The highest BCUT2D eigenvalue weighted by Crippen LogP contribution is 2.64. The van der Waals surface area contributed by atoms with Crippen LogP contribution in [0.3, 0.4) is 0 Å². The molecule has 0 bridgehead atoms. The van der Waals surface area contributed by atoms with Gasteiger partial charge in [0.2, 0.25) is 0 Å². The molecular formula is C31H62OSi3. The Morgan fingerprint density at radius 2 is 1.11 bits per heavy atom. The van der Waals surface area contributed by atoms with Crippen molar-refractivity contribution in [3.63, 3.8) is 0 Å². The standard InChI is InChI=1S/C31H62OSi3/c1-20-17-26(24-13-14-25(19-24)33(5,6)7)30(22(20)3)35(11,12)31-23(4)21(2)18-27(31)28-15-16-29(32-28)34(8,9)10/h20-31H,13-19H2,1-12H3. The molecule has 35 heavy (non-hydrogen) atoms. The van der Waals surface area contributed by atoms with Crippen LogP contribution in [0.15, 0.2) is 0 Å². The second kappa shape index (κ2) is 9.97. The number of hydrogen-bond donors (Lipinski definition) is 0. The average molecular weight is 535 g/mol. The Morgan fingerprint density at radius 1 is 0.571 bits per heavy atom. The highest BCUT2D eigenvalue weighted by atomic mass is 28.3. The number of hydrogen-bond acceptors (Lipinski definition) is 1. The van der Waals surface area contributed by atoms with Gasteiger partial charge in [0.15, 0.2) is 0 Å². The maximum Gasteiger partial charge on any atom is 0.0785 e. The van der Waals surface area contributed by atoms with Gasteiger partial charge in [-0.25, -0.2) is 0 Å². The van der Waals surface area contributed by atoms with Gasteiger partial charge in [0.05, 0.1) is 22.3 Å². The molecule has 3 aliphatic carbocycles. The van der Waals surface area contributed by atoms with Crippen molar-refractivity contribution in [2.75, 3.05) is 0 Å². The Bertz CT molecular complexity index is 676. The SMILES string of the molecule is CC1CC(C2CCC([Si](C)(C)C)C2)C([Si](C)(C)C2C(C)C(C)CC2C2CCC([Si](C)(C)C)O2)C1C. The predicted molar refractivity (Wildman–Crippen MR) is 164 cm³/mol. The zero-order valence-corrected chi connectivity index (χ0v) is 28.8. The van der Waals surface area contributed by atoms with E-state index in [0.29, 0.717) is 11.8 Å². The van der Waals surface area contributed by atoms with Crippen molar-refractivity contribution < 1.29 is 4.74 Å². The maximum absolute atomic E-state index is 7.01. The molecule has 1 saturated heterocycles. The molecule has 1 aliphatic heterocycles. The quantitative estimate of drug-likeness (QED) is 0.308. The Balaban J connectivity index is 1.60. The van der Waals surface area contributed by atoms with Crippen molar-refractivity contribution in [1.29, 1.82) is 0 Å².